The molecule has 1 amide bonds. The van der Waals surface area contributed by atoms with Crippen molar-refractivity contribution in [2.75, 3.05) is 33.2 Å². The average Bonchev–Trinajstić information content (AvgIpc) is 2.21. The molecule has 0 unspecified atom stereocenters. The summed E-state index contributed by atoms with van der Waals surface area (Å²) in [6, 6.07) is 0. The summed E-state index contributed by atoms with van der Waals surface area (Å²) in [6.45, 7) is 5.94. The maximum Gasteiger partial charge on any atom is 0.230 e. The summed E-state index contributed by atoms with van der Waals surface area (Å²) in [5.74, 6) is -0.0262. The van der Waals surface area contributed by atoms with Crippen LogP contribution < -0.4 is 10.0 Å². The van der Waals surface area contributed by atoms with E-state index in [4.69, 9.17) is 0 Å². The Bertz CT molecular complexity index is 155. The molecule has 0 aromatic heterocycles. The third-order valence-electron chi connectivity index (χ3n) is 1.94. The van der Waals surface area contributed by atoms with E-state index < -0.39 is 0 Å². The summed E-state index contributed by atoms with van der Waals surface area (Å²) in [4.78, 5) is 13.0. The first-order chi connectivity index (χ1) is 6.70. The highest BCUT2D eigenvalue weighted by Gasteiger charge is 2.01. The number of nitrogens with zero attached hydrogens (tertiary/aromatic N) is 1. The van der Waals surface area contributed by atoms with Gasteiger partial charge in [0.05, 0.1) is 0 Å². The van der Waals surface area contributed by atoms with Crippen molar-refractivity contribution < 1.29 is 4.79 Å². The van der Waals surface area contributed by atoms with E-state index in [1.807, 2.05) is 7.05 Å². The Morgan fingerprint density at radius 1 is 1.36 bits per heavy atom. The van der Waals surface area contributed by atoms with Crippen LogP contribution in [-0.2, 0) is 4.79 Å². The fraction of sp³-hybridized carbons (Fsp3) is 0.889. The minimum absolute atomic E-state index is 0.0262. The molecule has 0 heterocycles. The van der Waals surface area contributed by atoms with Gasteiger partial charge in [-0.25, -0.2) is 0 Å². The Morgan fingerprint density at radius 3 is 2.64 bits per heavy atom. The molecule has 0 aromatic carbocycles. The van der Waals surface area contributed by atoms with Crippen LogP contribution in [0.4, 0.5) is 0 Å². The second-order valence-corrected chi connectivity index (χ2v) is 3.56. The number of carbonyl (C=O) groups is 1. The van der Waals surface area contributed by atoms with E-state index in [1.54, 1.807) is 0 Å². The Hall–Kier alpha value is -0.260. The van der Waals surface area contributed by atoms with Gasteiger partial charge in [-0.1, -0.05) is 19.7 Å². The van der Waals surface area contributed by atoms with Crippen LogP contribution in [0.25, 0.3) is 0 Å². The Kier molecular flexibility index (Phi) is 9.13. The van der Waals surface area contributed by atoms with Crippen LogP contribution in [0.3, 0.4) is 0 Å². The summed E-state index contributed by atoms with van der Waals surface area (Å²) in [5.41, 5.74) is 0. The van der Waals surface area contributed by atoms with Gasteiger partial charge in [0.25, 0.3) is 0 Å². The van der Waals surface area contributed by atoms with Crippen LogP contribution in [-0.4, -0.2) is 44.0 Å². The molecule has 5 heteroatoms. The van der Waals surface area contributed by atoms with Gasteiger partial charge in [-0.15, -0.1) is 0 Å². The lowest BCUT2D eigenvalue weighted by molar-refractivity contribution is -0.119. The fourth-order valence-corrected chi connectivity index (χ4v) is 1.14. The summed E-state index contributed by atoms with van der Waals surface area (Å²) in [6.07, 6.45) is 1.67. The largest absolute Gasteiger partial charge is 0.315 e. The van der Waals surface area contributed by atoms with E-state index in [-0.39, 0.29) is 5.91 Å². The van der Waals surface area contributed by atoms with Crippen molar-refractivity contribution in [2.45, 2.75) is 19.8 Å². The summed E-state index contributed by atoms with van der Waals surface area (Å²) < 4.78 is 2.31. The van der Waals surface area contributed by atoms with E-state index in [0.717, 1.165) is 32.6 Å². The molecule has 0 saturated heterocycles. The highest BCUT2D eigenvalue weighted by molar-refractivity contribution is 7.78. The third-order valence-corrected chi connectivity index (χ3v) is 2.19. The lowest BCUT2D eigenvalue weighted by atomic mass is 10.4. The molecule has 0 aromatic rings. The smallest absolute Gasteiger partial charge is 0.230 e. The van der Waals surface area contributed by atoms with Crippen LogP contribution in [0, 0.1) is 0 Å². The van der Waals surface area contributed by atoms with Crippen LogP contribution in [0.1, 0.15) is 19.8 Å². The van der Waals surface area contributed by atoms with Crippen molar-refractivity contribution in [1.29, 1.82) is 0 Å². The van der Waals surface area contributed by atoms with Gasteiger partial charge in [-0.05, 0) is 20.0 Å². The minimum Gasteiger partial charge on any atom is -0.315 e. The van der Waals surface area contributed by atoms with Gasteiger partial charge in [0, 0.05) is 26.1 Å². The number of amides is 1. The quantitative estimate of drug-likeness (QED) is 0.405. The minimum atomic E-state index is -0.0262. The molecule has 4 nitrogen and oxygen atoms in total. The number of nitrogens with one attached hydrogen (secondary N) is 2. The maximum absolute atomic E-state index is 10.9. The predicted molar refractivity (Wildman–Crippen MR) is 62.4 cm³/mol. The molecule has 0 bridgehead atoms. The standard InChI is InChI=1S/C9H21N3OS/c1-3-5-10-6-8-12(2)7-4-9(13)11-14/h10,14H,3-8H2,1-2H3,(H,11,13). The molecule has 2 N–H and O–H groups in total. The normalized spacial score (nSPS) is 10.6. The lowest BCUT2D eigenvalue weighted by Crippen LogP contribution is -2.32. The zero-order valence-corrected chi connectivity index (χ0v) is 9.94. The van der Waals surface area contributed by atoms with E-state index in [2.05, 4.69) is 34.7 Å². The van der Waals surface area contributed by atoms with Gasteiger partial charge >= 0.3 is 0 Å². The highest BCUT2D eigenvalue weighted by Crippen LogP contribution is 1.87. The second-order valence-electron chi connectivity index (χ2n) is 3.34. The molecule has 0 fully saturated rings. The van der Waals surface area contributed by atoms with Crippen LogP contribution in [0.2, 0.25) is 0 Å². The number of hydrogen-bond donors (Lipinski definition) is 3. The zero-order chi connectivity index (χ0) is 10.8. The van der Waals surface area contributed by atoms with Crippen molar-refractivity contribution in [3.63, 3.8) is 0 Å². The van der Waals surface area contributed by atoms with E-state index in [0.29, 0.717) is 6.42 Å². The van der Waals surface area contributed by atoms with Crippen molar-refractivity contribution in [3.8, 4) is 0 Å². The van der Waals surface area contributed by atoms with Gasteiger partial charge in [-0.3, -0.25) is 4.79 Å². The average molecular weight is 219 g/mol. The first-order valence-electron chi connectivity index (χ1n) is 5.03. The van der Waals surface area contributed by atoms with Crippen molar-refractivity contribution >= 4 is 18.7 Å². The Balaban J connectivity index is 3.27. The number of hydrogen-bond acceptors (Lipinski definition) is 4. The first kappa shape index (κ1) is 13.7. The molecule has 84 valence electrons. The zero-order valence-electron chi connectivity index (χ0n) is 9.05. The Labute approximate surface area is 92.0 Å². The fourth-order valence-electron chi connectivity index (χ4n) is 1.03. The summed E-state index contributed by atoms with van der Waals surface area (Å²) >= 11 is 3.69. The van der Waals surface area contributed by atoms with E-state index in [9.17, 15) is 4.79 Å². The molecule has 0 atom stereocenters. The topological polar surface area (TPSA) is 44.4 Å². The molecule has 14 heavy (non-hydrogen) atoms. The number of carbonyl (C=O) groups excluding carboxylic acids is 1. The molecule has 0 aliphatic heterocycles. The first-order valence-corrected chi connectivity index (χ1v) is 5.47. The number of likely N-dealkylation sites (N-methyl/N-ethyl adjacent to an activating group) is 1. The molecule has 0 radical (unpaired) electrons. The molecule has 0 aliphatic carbocycles. The van der Waals surface area contributed by atoms with Crippen molar-refractivity contribution in [1.82, 2.24) is 14.9 Å². The monoisotopic (exact) mass is 219 g/mol. The van der Waals surface area contributed by atoms with Gasteiger partial charge in [0.15, 0.2) is 0 Å². The molecule has 0 rings (SSSR count). The van der Waals surface area contributed by atoms with Gasteiger partial charge in [-0.2, -0.15) is 0 Å². The molecular weight excluding hydrogens is 198 g/mol. The van der Waals surface area contributed by atoms with Crippen LogP contribution in [0.15, 0.2) is 0 Å². The molecule has 0 spiro atoms. The molecule has 0 saturated carbocycles. The van der Waals surface area contributed by atoms with E-state index in [1.165, 1.54) is 0 Å². The van der Waals surface area contributed by atoms with Gasteiger partial charge in [0.2, 0.25) is 5.91 Å². The highest BCUT2D eigenvalue weighted by atomic mass is 32.1. The summed E-state index contributed by atoms with van der Waals surface area (Å²) in [5, 5.41) is 3.31. The predicted octanol–water partition coefficient (Wildman–Crippen LogP) is 0.269. The number of rotatable bonds is 8. The molecule has 0 aliphatic rings. The Morgan fingerprint density at radius 2 is 2.07 bits per heavy atom. The third kappa shape index (κ3) is 8.34. The second kappa shape index (κ2) is 9.30. The van der Waals surface area contributed by atoms with Gasteiger partial charge < -0.3 is 14.9 Å². The van der Waals surface area contributed by atoms with Crippen LogP contribution in [0.5, 0.6) is 0 Å². The van der Waals surface area contributed by atoms with Crippen molar-refractivity contribution in [3.05, 3.63) is 0 Å². The molecular formula is C9H21N3OS. The van der Waals surface area contributed by atoms with E-state index >= 15 is 0 Å². The van der Waals surface area contributed by atoms with Crippen LogP contribution >= 0.6 is 12.8 Å². The maximum atomic E-state index is 10.9. The van der Waals surface area contributed by atoms with Crippen molar-refractivity contribution in [2.24, 2.45) is 0 Å². The lowest BCUT2D eigenvalue weighted by Gasteiger charge is -2.15. The number of thiol groups is 1. The van der Waals surface area contributed by atoms with Gasteiger partial charge in [0.1, 0.15) is 0 Å². The summed E-state index contributed by atoms with van der Waals surface area (Å²) in [7, 11) is 2.01. The SMILES string of the molecule is CCCNCCN(C)CCC(=O)NS.